The van der Waals surface area contributed by atoms with Gasteiger partial charge in [-0.15, -0.1) is 0 Å². The van der Waals surface area contributed by atoms with Gasteiger partial charge in [-0.1, -0.05) is 30.3 Å². The number of rotatable bonds is 5. The molecule has 0 saturated heterocycles. The average Bonchev–Trinajstić information content (AvgIpc) is 2.38. The second-order valence-electron chi connectivity index (χ2n) is 4.11. The van der Waals surface area contributed by atoms with Gasteiger partial charge in [-0.25, -0.2) is 0 Å². The molecule has 0 spiro atoms. The van der Waals surface area contributed by atoms with E-state index in [-0.39, 0.29) is 5.75 Å². The highest BCUT2D eigenvalue weighted by atomic mass is 16.5. The molecule has 0 radical (unpaired) electrons. The van der Waals surface area contributed by atoms with Crippen molar-refractivity contribution in [2.24, 2.45) is 0 Å². The zero-order valence-electron chi connectivity index (χ0n) is 10.4. The third kappa shape index (κ3) is 3.25. The van der Waals surface area contributed by atoms with Crippen molar-refractivity contribution < 1.29 is 9.84 Å². The fraction of sp³-hybridized carbons (Fsp3) is 0.200. The largest absolute Gasteiger partial charge is 0.508 e. The lowest BCUT2D eigenvalue weighted by Gasteiger charge is -2.11. The van der Waals surface area contributed by atoms with Crippen LogP contribution in [0.1, 0.15) is 11.1 Å². The molecule has 2 aromatic carbocycles. The quantitative estimate of drug-likeness (QED) is 0.847. The molecule has 0 heterocycles. The Labute approximate surface area is 107 Å². The van der Waals surface area contributed by atoms with E-state index in [4.69, 9.17) is 4.74 Å². The summed E-state index contributed by atoms with van der Waals surface area (Å²) in [5.41, 5.74) is 3.28. The van der Waals surface area contributed by atoms with Crippen molar-refractivity contribution in [2.45, 2.75) is 13.2 Å². The maximum atomic E-state index is 9.39. The number of benzene rings is 2. The molecule has 0 aliphatic rings. The molecule has 3 heteroatoms. The molecule has 0 fully saturated rings. The average molecular weight is 243 g/mol. The van der Waals surface area contributed by atoms with Crippen LogP contribution in [0.15, 0.2) is 48.5 Å². The van der Waals surface area contributed by atoms with Crippen LogP contribution in [0.2, 0.25) is 0 Å². The Bertz CT molecular complexity index is 511. The first kappa shape index (κ1) is 12.5. The van der Waals surface area contributed by atoms with Crippen LogP contribution in [0.25, 0.3) is 0 Å². The van der Waals surface area contributed by atoms with Gasteiger partial charge in [0.15, 0.2) is 0 Å². The molecule has 94 valence electrons. The van der Waals surface area contributed by atoms with Crippen LogP contribution in [0, 0.1) is 0 Å². The summed E-state index contributed by atoms with van der Waals surface area (Å²) in [6.45, 7) is 1.32. The van der Waals surface area contributed by atoms with Crippen LogP contribution < -0.4 is 5.32 Å². The van der Waals surface area contributed by atoms with E-state index in [1.807, 2.05) is 24.3 Å². The SMILES string of the molecule is COCc1ccccc1CNc1cccc(O)c1. The van der Waals surface area contributed by atoms with Crippen molar-refractivity contribution in [2.75, 3.05) is 12.4 Å². The van der Waals surface area contributed by atoms with E-state index in [1.165, 1.54) is 11.1 Å². The summed E-state index contributed by atoms with van der Waals surface area (Å²) in [5.74, 6) is 0.269. The van der Waals surface area contributed by atoms with Crippen LogP contribution in [-0.2, 0) is 17.9 Å². The lowest BCUT2D eigenvalue weighted by atomic mass is 10.1. The maximum Gasteiger partial charge on any atom is 0.117 e. The molecule has 3 nitrogen and oxygen atoms in total. The fourth-order valence-corrected chi connectivity index (χ4v) is 1.84. The normalized spacial score (nSPS) is 10.3. The van der Waals surface area contributed by atoms with Gasteiger partial charge >= 0.3 is 0 Å². The molecule has 2 N–H and O–H groups in total. The number of nitrogens with one attached hydrogen (secondary N) is 1. The lowest BCUT2D eigenvalue weighted by Crippen LogP contribution is -2.03. The molecule has 0 saturated carbocycles. The minimum absolute atomic E-state index is 0.269. The highest BCUT2D eigenvalue weighted by molar-refractivity contribution is 5.48. The highest BCUT2D eigenvalue weighted by Gasteiger charge is 2.01. The third-order valence-corrected chi connectivity index (χ3v) is 2.75. The first-order valence-corrected chi connectivity index (χ1v) is 5.88. The van der Waals surface area contributed by atoms with Crippen molar-refractivity contribution in [3.8, 4) is 5.75 Å². The minimum Gasteiger partial charge on any atom is -0.508 e. The number of phenolic OH excluding ortho intramolecular Hbond substituents is 1. The molecule has 0 aliphatic carbocycles. The Kier molecular flexibility index (Phi) is 4.20. The summed E-state index contributed by atoms with van der Waals surface area (Å²) in [4.78, 5) is 0. The Morgan fingerprint density at radius 1 is 1.06 bits per heavy atom. The van der Waals surface area contributed by atoms with Crippen molar-refractivity contribution in [1.82, 2.24) is 0 Å². The summed E-state index contributed by atoms with van der Waals surface area (Å²) in [5, 5.41) is 12.7. The van der Waals surface area contributed by atoms with E-state index >= 15 is 0 Å². The van der Waals surface area contributed by atoms with Crippen LogP contribution >= 0.6 is 0 Å². The van der Waals surface area contributed by atoms with Crippen LogP contribution in [0.3, 0.4) is 0 Å². The van der Waals surface area contributed by atoms with Crippen molar-refractivity contribution in [3.63, 3.8) is 0 Å². The topological polar surface area (TPSA) is 41.5 Å². The van der Waals surface area contributed by atoms with Gasteiger partial charge in [0.2, 0.25) is 0 Å². The molecule has 0 aromatic heterocycles. The monoisotopic (exact) mass is 243 g/mol. The standard InChI is InChI=1S/C15H17NO2/c1-18-11-13-6-3-2-5-12(13)10-16-14-7-4-8-15(17)9-14/h2-9,16-17H,10-11H2,1H3. The fourth-order valence-electron chi connectivity index (χ4n) is 1.84. The molecule has 0 unspecified atom stereocenters. The molecular weight excluding hydrogens is 226 g/mol. The van der Waals surface area contributed by atoms with E-state index in [2.05, 4.69) is 17.4 Å². The van der Waals surface area contributed by atoms with Crippen molar-refractivity contribution >= 4 is 5.69 Å². The number of phenols is 1. The van der Waals surface area contributed by atoms with Gasteiger partial charge in [0.25, 0.3) is 0 Å². The van der Waals surface area contributed by atoms with Crippen LogP contribution in [0.5, 0.6) is 5.75 Å². The van der Waals surface area contributed by atoms with Gasteiger partial charge in [0.1, 0.15) is 5.75 Å². The number of hydrogen-bond acceptors (Lipinski definition) is 3. The molecular formula is C15H17NO2. The Morgan fingerprint density at radius 3 is 2.56 bits per heavy atom. The molecule has 2 rings (SSSR count). The predicted octanol–water partition coefficient (Wildman–Crippen LogP) is 3.15. The summed E-state index contributed by atoms with van der Waals surface area (Å²) in [6, 6.07) is 15.3. The second kappa shape index (κ2) is 6.07. The van der Waals surface area contributed by atoms with E-state index in [0.717, 1.165) is 5.69 Å². The summed E-state index contributed by atoms with van der Waals surface area (Å²) >= 11 is 0. The third-order valence-electron chi connectivity index (χ3n) is 2.75. The Balaban J connectivity index is 2.06. The van der Waals surface area contributed by atoms with E-state index in [1.54, 1.807) is 19.2 Å². The van der Waals surface area contributed by atoms with Gasteiger partial charge in [-0.2, -0.15) is 0 Å². The van der Waals surface area contributed by atoms with Gasteiger partial charge < -0.3 is 15.2 Å². The molecule has 18 heavy (non-hydrogen) atoms. The lowest BCUT2D eigenvalue weighted by molar-refractivity contribution is 0.184. The Hall–Kier alpha value is -2.00. The molecule has 0 bridgehead atoms. The number of anilines is 1. The first-order valence-electron chi connectivity index (χ1n) is 5.88. The van der Waals surface area contributed by atoms with E-state index < -0.39 is 0 Å². The second-order valence-corrected chi connectivity index (χ2v) is 4.11. The van der Waals surface area contributed by atoms with E-state index in [0.29, 0.717) is 13.2 Å². The number of ether oxygens (including phenoxy) is 1. The molecule has 0 aliphatic heterocycles. The predicted molar refractivity (Wildman–Crippen MR) is 72.6 cm³/mol. The molecule has 0 atom stereocenters. The van der Waals surface area contributed by atoms with E-state index in [9.17, 15) is 5.11 Å². The zero-order valence-corrected chi connectivity index (χ0v) is 10.4. The van der Waals surface area contributed by atoms with Crippen molar-refractivity contribution in [1.29, 1.82) is 0 Å². The van der Waals surface area contributed by atoms with Gasteiger partial charge in [0, 0.05) is 25.4 Å². The minimum atomic E-state index is 0.269. The zero-order chi connectivity index (χ0) is 12.8. The summed E-state index contributed by atoms with van der Waals surface area (Å²) < 4.78 is 5.17. The summed E-state index contributed by atoms with van der Waals surface area (Å²) in [7, 11) is 1.69. The number of methoxy groups -OCH3 is 1. The van der Waals surface area contributed by atoms with Crippen LogP contribution in [0.4, 0.5) is 5.69 Å². The van der Waals surface area contributed by atoms with Crippen molar-refractivity contribution in [3.05, 3.63) is 59.7 Å². The number of hydrogen-bond donors (Lipinski definition) is 2. The molecule has 0 amide bonds. The maximum absolute atomic E-state index is 9.39. The first-order chi connectivity index (χ1) is 8.79. The Morgan fingerprint density at radius 2 is 1.83 bits per heavy atom. The summed E-state index contributed by atoms with van der Waals surface area (Å²) in [6.07, 6.45) is 0. The van der Waals surface area contributed by atoms with Gasteiger partial charge in [-0.3, -0.25) is 0 Å². The molecule has 2 aromatic rings. The highest BCUT2D eigenvalue weighted by Crippen LogP contribution is 2.17. The van der Waals surface area contributed by atoms with Gasteiger partial charge in [0.05, 0.1) is 6.61 Å². The van der Waals surface area contributed by atoms with Gasteiger partial charge in [-0.05, 0) is 23.3 Å². The smallest absolute Gasteiger partial charge is 0.117 e. The van der Waals surface area contributed by atoms with Crippen LogP contribution in [-0.4, -0.2) is 12.2 Å². The number of aromatic hydroxyl groups is 1.